The Kier molecular flexibility index (Phi) is 4.53. The number of nitrogens with zero attached hydrogens (tertiary/aromatic N) is 2. The van der Waals surface area contributed by atoms with E-state index in [1.54, 1.807) is 24.4 Å². The molecule has 0 bridgehead atoms. The monoisotopic (exact) mass is 398 g/mol. The Bertz CT molecular complexity index is 1000. The minimum atomic E-state index is -0.179. The number of hydrogen-bond donors (Lipinski definition) is 3. The third-order valence-corrected chi connectivity index (χ3v) is 5.35. The molecule has 0 spiro atoms. The van der Waals surface area contributed by atoms with E-state index >= 15 is 0 Å². The molecule has 138 valence electrons. The molecule has 5 nitrogen and oxygen atoms in total. The molecule has 1 fully saturated rings. The SMILES string of the molecule is Cc1cc([C@@H]2[C@H](c3ccccn3)NC(=S)N2c2cc(Cl)ccc2O)c(C)[nH]1. The highest BCUT2D eigenvalue weighted by Gasteiger charge is 2.42. The zero-order valence-electron chi connectivity index (χ0n) is 14.9. The summed E-state index contributed by atoms with van der Waals surface area (Å²) in [5, 5.41) is 14.9. The first-order valence-corrected chi connectivity index (χ1v) is 9.39. The molecule has 2 atom stereocenters. The Morgan fingerprint density at radius 3 is 2.67 bits per heavy atom. The maximum atomic E-state index is 10.5. The lowest BCUT2D eigenvalue weighted by molar-refractivity contribution is 0.472. The Morgan fingerprint density at radius 1 is 1.19 bits per heavy atom. The zero-order chi connectivity index (χ0) is 19.1. The first-order valence-electron chi connectivity index (χ1n) is 8.61. The van der Waals surface area contributed by atoms with Crippen molar-refractivity contribution in [2.45, 2.75) is 25.9 Å². The molecule has 1 saturated heterocycles. The van der Waals surface area contributed by atoms with E-state index in [2.05, 4.69) is 21.4 Å². The van der Waals surface area contributed by atoms with Crippen molar-refractivity contribution in [2.24, 2.45) is 0 Å². The number of aryl methyl sites for hydroxylation is 2. The number of pyridine rings is 1. The molecule has 0 saturated carbocycles. The van der Waals surface area contributed by atoms with Gasteiger partial charge in [0.2, 0.25) is 0 Å². The van der Waals surface area contributed by atoms with Gasteiger partial charge in [0.15, 0.2) is 5.11 Å². The van der Waals surface area contributed by atoms with Crippen molar-refractivity contribution in [1.82, 2.24) is 15.3 Å². The number of phenolic OH excluding ortho intramolecular Hbond substituents is 1. The Labute approximate surface area is 168 Å². The van der Waals surface area contributed by atoms with Crippen LogP contribution in [0.15, 0.2) is 48.7 Å². The summed E-state index contributed by atoms with van der Waals surface area (Å²) in [6.45, 7) is 4.06. The molecule has 2 aromatic heterocycles. The second-order valence-electron chi connectivity index (χ2n) is 6.66. The fourth-order valence-corrected chi connectivity index (χ4v) is 4.18. The molecule has 0 unspecified atom stereocenters. The summed E-state index contributed by atoms with van der Waals surface area (Å²) >= 11 is 11.9. The van der Waals surface area contributed by atoms with Gasteiger partial charge < -0.3 is 20.3 Å². The van der Waals surface area contributed by atoms with Gasteiger partial charge in [0.1, 0.15) is 5.75 Å². The topological polar surface area (TPSA) is 64.2 Å². The van der Waals surface area contributed by atoms with Gasteiger partial charge in [-0.1, -0.05) is 17.7 Å². The van der Waals surface area contributed by atoms with Gasteiger partial charge in [-0.05, 0) is 68.0 Å². The van der Waals surface area contributed by atoms with Gasteiger partial charge in [-0.15, -0.1) is 0 Å². The van der Waals surface area contributed by atoms with Gasteiger partial charge >= 0.3 is 0 Å². The number of H-pyrrole nitrogens is 1. The standard InChI is InChI=1S/C20H19ClN4OS/c1-11-9-14(12(2)23-11)19-18(15-5-3-4-8-22-15)24-20(27)25(19)16-10-13(21)6-7-17(16)26/h3-10,18-19,23,26H,1-2H3,(H,24,27)/t18-,19+/m0/s1. The minimum Gasteiger partial charge on any atom is -0.506 e. The number of benzene rings is 1. The molecule has 1 aromatic carbocycles. The number of rotatable bonds is 3. The van der Waals surface area contributed by atoms with E-state index in [0.29, 0.717) is 15.8 Å². The van der Waals surface area contributed by atoms with Crippen molar-refractivity contribution in [3.8, 4) is 5.75 Å². The van der Waals surface area contributed by atoms with Gasteiger partial charge in [-0.25, -0.2) is 0 Å². The van der Waals surface area contributed by atoms with Gasteiger partial charge in [0.05, 0.1) is 23.5 Å². The zero-order valence-corrected chi connectivity index (χ0v) is 16.5. The van der Waals surface area contributed by atoms with Crippen LogP contribution >= 0.6 is 23.8 Å². The first-order chi connectivity index (χ1) is 13.0. The largest absolute Gasteiger partial charge is 0.506 e. The number of nitrogens with one attached hydrogen (secondary N) is 2. The Morgan fingerprint density at radius 2 is 2.00 bits per heavy atom. The highest BCUT2D eigenvalue weighted by molar-refractivity contribution is 7.80. The smallest absolute Gasteiger partial charge is 0.174 e. The van der Waals surface area contributed by atoms with Gasteiger partial charge in [-0.3, -0.25) is 4.98 Å². The van der Waals surface area contributed by atoms with E-state index in [1.807, 2.05) is 36.9 Å². The summed E-state index contributed by atoms with van der Waals surface area (Å²) in [7, 11) is 0. The molecule has 0 amide bonds. The molecular weight excluding hydrogens is 380 g/mol. The van der Waals surface area contributed by atoms with Crippen LogP contribution in [0.25, 0.3) is 0 Å². The van der Waals surface area contributed by atoms with Crippen LogP contribution in [-0.4, -0.2) is 20.2 Å². The number of phenols is 1. The molecule has 3 heterocycles. The van der Waals surface area contributed by atoms with Crippen LogP contribution in [0.3, 0.4) is 0 Å². The van der Waals surface area contributed by atoms with Crippen LogP contribution in [0.5, 0.6) is 5.75 Å². The molecule has 1 aliphatic rings. The summed E-state index contributed by atoms with van der Waals surface area (Å²) in [5.41, 5.74) is 4.66. The van der Waals surface area contributed by atoms with Crippen LogP contribution in [0, 0.1) is 13.8 Å². The molecule has 3 aromatic rings. The van der Waals surface area contributed by atoms with Gasteiger partial charge in [0, 0.05) is 22.6 Å². The van der Waals surface area contributed by atoms with E-state index in [1.165, 1.54) is 0 Å². The predicted octanol–water partition coefficient (Wildman–Crippen LogP) is 4.56. The van der Waals surface area contributed by atoms with E-state index in [-0.39, 0.29) is 17.8 Å². The highest BCUT2D eigenvalue weighted by atomic mass is 35.5. The normalized spacial score (nSPS) is 19.4. The molecule has 27 heavy (non-hydrogen) atoms. The quantitative estimate of drug-likeness (QED) is 0.564. The minimum absolute atomic E-state index is 0.125. The van der Waals surface area contributed by atoms with Crippen molar-refractivity contribution < 1.29 is 5.11 Å². The Balaban J connectivity index is 1.90. The third kappa shape index (κ3) is 3.15. The van der Waals surface area contributed by atoms with Crippen LogP contribution in [0.2, 0.25) is 5.02 Å². The fraction of sp³-hybridized carbons (Fsp3) is 0.200. The van der Waals surface area contributed by atoms with Crippen LogP contribution in [0.4, 0.5) is 5.69 Å². The number of anilines is 1. The van der Waals surface area contributed by atoms with E-state index in [9.17, 15) is 5.11 Å². The lowest BCUT2D eigenvalue weighted by Gasteiger charge is -2.28. The van der Waals surface area contributed by atoms with Gasteiger partial charge in [-0.2, -0.15) is 0 Å². The number of thiocarbonyl (C=S) groups is 1. The Hall–Kier alpha value is -2.57. The lowest BCUT2D eigenvalue weighted by Crippen LogP contribution is -2.29. The fourth-order valence-electron chi connectivity index (χ4n) is 3.67. The van der Waals surface area contributed by atoms with E-state index in [0.717, 1.165) is 22.6 Å². The van der Waals surface area contributed by atoms with Crippen LogP contribution < -0.4 is 10.2 Å². The molecule has 4 rings (SSSR count). The molecule has 3 N–H and O–H groups in total. The predicted molar refractivity (Wildman–Crippen MR) is 111 cm³/mol. The van der Waals surface area contributed by atoms with Gasteiger partial charge in [0.25, 0.3) is 0 Å². The van der Waals surface area contributed by atoms with Crippen LogP contribution in [0.1, 0.15) is 34.7 Å². The summed E-state index contributed by atoms with van der Waals surface area (Å²) in [5.74, 6) is 0.125. The van der Waals surface area contributed by atoms with E-state index in [4.69, 9.17) is 23.8 Å². The second-order valence-corrected chi connectivity index (χ2v) is 7.49. The van der Waals surface area contributed by atoms with Crippen molar-refractivity contribution >= 4 is 34.6 Å². The van der Waals surface area contributed by atoms with Crippen molar-refractivity contribution in [3.05, 3.63) is 76.3 Å². The highest BCUT2D eigenvalue weighted by Crippen LogP contribution is 2.45. The molecule has 0 aliphatic carbocycles. The number of aromatic nitrogens is 2. The third-order valence-electron chi connectivity index (χ3n) is 4.80. The van der Waals surface area contributed by atoms with E-state index < -0.39 is 0 Å². The lowest BCUT2D eigenvalue weighted by atomic mass is 9.96. The molecule has 1 aliphatic heterocycles. The number of hydrogen-bond acceptors (Lipinski definition) is 3. The van der Waals surface area contributed by atoms with Crippen molar-refractivity contribution in [1.29, 1.82) is 0 Å². The average molecular weight is 399 g/mol. The second kappa shape index (κ2) is 6.87. The average Bonchev–Trinajstić information content (AvgIpc) is 3.16. The molecular formula is C20H19ClN4OS. The summed E-state index contributed by atoms with van der Waals surface area (Å²) in [4.78, 5) is 9.81. The summed E-state index contributed by atoms with van der Waals surface area (Å²) < 4.78 is 0. The van der Waals surface area contributed by atoms with Crippen molar-refractivity contribution in [3.63, 3.8) is 0 Å². The maximum Gasteiger partial charge on any atom is 0.174 e. The van der Waals surface area contributed by atoms with Crippen molar-refractivity contribution in [2.75, 3.05) is 4.90 Å². The first kappa shape index (κ1) is 17.8. The number of halogens is 1. The molecule has 7 heteroatoms. The number of aromatic amines is 1. The maximum absolute atomic E-state index is 10.5. The summed E-state index contributed by atoms with van der Waals surface area (Å²) in [6, 6.07) is 12.6. The number of aromatic hydroxyl groups is 1. The van der Waals surface area contributed by atoms with Crippen LogP contribution in [-0.2, 0) is 0 Å². The summed E-state index contributed by atoms with van der Waals surface area (Å²) in [6.07, 6.45) is 1.77. The molecule has 0 radical (unpaired) electrons.